The van der Waals surface area contributed by atoms with Crippen molar-refractivity contribution in [2.24, 2.45) is 0 Å². The smallest absolute Gasteiger partial charge is 0.147 e. The maximum Gasteiger partial charge on any atom is 0.147 e. The van der Waals surface area contributed by atoms with Crippen LogP contribution in [0.4, 0.5) is 10.1 Å². The summed E-state index contributed by atoms with van der Waals surface area (Å²) in [7, 11) is 0. The van der Waals surface area contributed by atoms with Crippen LogP contribution in [-0.4, -0.2) is 4.98 Å². The molecule has 0 saturated carbocycles. The van der Waals surface area contributed by atoms with E-state index in [1.165, 1.54) is 17.4 Å². The number of para-hydroxylation sites is 1. The summed E-state index contributed by atoms with van der Waals surface area (Å²) >= 11 is 7.44. The van der Waals surface area contributed by atoms with Crippen molar-refractivity contribution in [2.45, 2.75) is 13.0 Å². The third kappa shape index (κ3) is 2.33. The van der Waals surface area contributed by atoms with Gasteiger partial charge in [-0.15, -0.1) is 11.3 Å². The number of nitrogens with one attached hydrogen (secondary N) is 1. The highest BCUT2D eigenvalue weighted by atomic mass is 35.5. The van der Waals surface area contributed by atoms with Gasteiger partial charge in [-0.2, -0.15) is 0 Å². The maximum absolute atomic E-state index is 13.5. The van der Waals surface area contributed by atoms with Gasteiger partial charge in [-0.3, -0.25) is 4.98 Å². The van der Waals surface area contributed by atoms with E-state index in [9.17, 15) is 4.39 Å². The number of aromatic nitrogens is 1. The lowest BCUT2D eigenvalue weighted by atomic mass is 10.2. The number of nitrogens with zero attached hydrogens (tertiary/aromatic N) is 1. The van der Waals surface area contributed by atoms with Crippen LogP contribution in [0.3, 0.4) is 0 Å². The molecule has 0 radical (unpaired) electrons. The Morgan fingerprint density at radius 3 is 2.94 bits per heavy atom. The summed E-state index contributed by atoms with van der Waals surface area (Å²) in [6.45, 7) is 1.94. The van der Waals surface area contributed by atoms with Gasteiger partial charge in [0.15, 0.2) is 0 Å². The number of anilines is 1. The Morgan fingerprint density at radius 2 is 2.31 bits per heavy atom. The molecule has 0 amide bonds. The Morgan fingerprint density at radius 1 is 1.50 bits per heavy atom. The fourth-order valence-electron chi connectivity index (χ4n) is 1.36. The summed E-state index contributed by atoms with van der Waals surface area (Å²) < 4.78 is 13.5. The Bertz CT molecular complexity index is 453. The van der Waals surface area contributed by atoms with Crippen LogP contribution in [0, 0.1) is 5.82 Å². The molecule has 0 aliphatic carbocycles. The van der Waals surface area contributed by atoms with E-state index >= 15 is 0 Å². The van der Waals surface area contributed by atoms with Crippen LogP contribution < -0.4 is 5.32 Å². The molecule has 1 N–H and O–H groups in total. The fraction of sp³-hybridized carbons (Fsp3) is 0.182. The molecule has 0 saturated heterocycles. The van der Waals surface area contributed by atoms with Crippen molar-refractivity contribution in [3.63, 3.8) is 0 Å². The first-order chi connectivity index (χ1) is 7.68. The molecule has 2 nitrogen and oxygen atoms in total. The molecule has 1 heterocycles. The van der Waals surface area contributed by atoms with E-state index in [0.717, 1.165) is 4.88 Å². The van der Waals surface area contributed by atoms with E-state index in [2.05, 4.69) is 10.3 Å². The van der Waals surface area contributed by atoms with Crippen molar-refractivity contribution >= 4 is 28.6 Å². The molecular weight excluding hydrogens is 247 g/mol. The van der Waals surface area contributed by atoms with Crippen LogP contribution in [0.1, 0.15) is 17.8 Å². The molecule has 1 unspecified atom stereocenters. The Labute approximate surface area is 102 Å². The summed E-state index contributed by atoms with van der Waals surface area (Å²) in [5.41, 5.74) is 2.08. The highest BCUT2D eigenvalue weighted by molar-refractivity contribution is 7.09. The van der Waals surface area contributed by atoms with Crippen molar-refractivity contribution in [3.05, 3.63) is 45.6 Å². The summed E-state index contributed by atoms with van der Waals surface area (Å²) in [5, 5.41) is 3.43. The first-order valence-electron chi connectivity index (χ1n) is 4.77. The third-order valence-electron chi connectivity index (χ3n) is 2.20. The second-order valence-electron chi connectivity index (χ2n) is 3.37. The number of hydrogen-bond acceptors (Lipinski definition) is 3. The second kappa shape index (κ2) is 4.80. The van der Waals surface area contributed by atoms with Gasteiger partial charge in [-0.05, 0) is 19.1 Å². The molecule has 1 aromatic carbocycles. The van der Waals surface area contributed by atoms with E-state index in [1.807, 2.05) is 6.92 Å². The molecule has 84 valence electrons. The van der Waals surface area contributed by atoms with Crippen LogP contribution >= 0.6 is 22.9 Å². The topological polar surface area (TPSA) is 24.9 Å². The molecule has 0 aliphatic rings. The normalized spacial score (nSPS) is 12.4. The lowest BCUT2D eigenvalue weighted by Crippen LogP contribution is -2.06. The number of rotatable bonds is 3. The van der Waals surface area contributed by atoms with Crippen LogP contribution in [0.25, 0.3) is 0 Å². The third-order valence-corrected chi connectivity index (χ3v) is 3.48. The van der Waals surface area contributed by atoms with Gasteiger partial charge in [-0.25, -0.2) is 4.39 Å². The number of halogens is 2. The largest absolute Gasteiger partial charge is 0.374 e. The predicted octanol–water partition coefficient (Wildman–Crippen LogP) is 4.11. The zero-order valence-corrected chi connectivity index (χ0v) is 10.1. The number of thiazole rings is 1. The summed E-state index contributed by atoms with van der Waals surface area (Å²) in [4.78, 5) is 5.02. The minimum Gasteiger partial charge on any atom is -0.374 e. The highest BCUT2D eigenvalue weighted by Crippen LogP contribution is 2.29. The second-order valence-corrected chi connectivity index (χ2v) is 4.69. The lowest BCUT2D eigenvalue weighted by molar-refractivity contribution is 0.628. The molecule has 0 bridgehead atoms. The molecule has 0 fully saturated rings. The maximum atomic E-state index is 13.5. The fourth-order valence-corrected chi connectivity index (χ4v) is 2.21. The van der Waals surface area contributed by atoms with E-state index in [0.29, 0.717) is 10.7 Å². The summed E-state index contributed by atoms with van der Waals surface area (Å²) in [6, 6.07) is 4.61. The van der Waals surface area contributed by atoms with Crippen molar-refractivity contribution in [2.75, 3.05) is 5.32 Å². The standard InChI is InChI=1S/C11H10ClFN2S/c1-7(10-5-14-6-16-10)15-11-8(12)3-2-4-9(11)13/h2-7,15H,1H3. The molecule has 2 aromatic rings. The van der Waals surface area contributed by atoms with Crippen molar-refractivity contribution in [1.29, 1.82) is 0 Å². The van der Waals surface area contributed by atoms with Gasteiger partial charge < -0.3 is 5.32 Å². The van der Waals surface area contributed by atoms with E-state index in [1.54, 1.807) is 23.8 Å². The Kier molecular flexibility index (Phi) is 3.41. The monoisotopic (exact) mass is 256 g/mol. The average Bonchev–Trinajstić information content (AvgIpc) is 2.76. The summed E-state index contributed by atoms with van der Waals surface area (Å²) in [5.74, 6) is -0.344. The van der Waals surface area contributed by atoms with Crippen LogP contribution in [0.2, 0.25) is 5.02 Å². The molecule has 0 aliphatic heterocycles. The van der Waals surface area contributed by atoms with Gasteiger partial charge in [-0.1, -0.05) is 17.7 Å². The van der Waals surface area contributed by atoms with Crippen LogP contribution in [-0.2, 0) is 0 Å². The summed E-state index contributed by atoms with van der Waals surface area (Å²) in [6.07, 6.45) is 1.76. The van der Waals surface area contributed by atoms with Crippen molar-refractivity contribution < 1.29 is 4.39 Å². The van der Waals surface area contributed by atoms with E-state index in [4.69, 9.17) is 11.6 Å². The van der Waals surface area contributed by atoms with Gasteiger partial charge in [0.05, 0.1) is 22.3 Å². The van der Waals surface area contributed by atoms with Gasteiger partial charge in [0.2, 0.25) is 0 Å². The van der Waals surface area contributed by atoms with Crippen LogP contribution in [0.15, 0.2) is 29.9 Å². The van der Waals surface area contributed by atoms with Gasteiger partial charge in [0, 0.05) is 11.1 Å². The first-order valence-corrected chi connectivity index (χ1v) is 6.03. The minimum atomic E-state index is -0.344. The van der Waals surface area contributed by atoms with Crippen LogP contribution in [0.5, 0.6) is 0 Å². The lowest BCUT2D eigenvalue weighted by Gasteiger charge is -2.15. The molecule has 16 heavy (non-hydrogen) atoms. The number of hydrogen-bond donors (Lipinski definition) is 1. The van der Waals surface area contributed by atoms with Gasteiger partial charge in [0.1, 0.15) is 5.82 Å². The van der Waals surface area contributed by atoms with E-state index < -0.39 is 0 Å². The highest BCUT2D eigenvalue weighted by Gasteiger charge is 2.12. The van der Waals surface area contributed by atoms with E-state index in [-0.39, 0.29) is 11.9 Å². The van der Waals surface area contributed by atoms with Gasteiger partial charge >= 0.3 is 0 Å². The minimum absolute atomic E-state index is 0.0121. The molecule has 1 atom stereocenters. The predicted molar refractivity (Wildman–Crippen MR) is 65.6 cm³/mol. The average molecular weight is 257 g/mol. The first kappa shape index (κ1) is 11.4. The molecule has 1 aromatic heterocycles. The van der Waals surface area contributed by atoms with Crippen molar-refractivity contribution in [3.8, 4) is 0 Å². The Balaban J connectivity index is 2.21. The zero-order chi connectivity index (χ0) is 11.5. The number of benzene rings is 1. The molecule has 0 spiro atoms. The quantitative estimate of drug-likeness (QED) is 0.894. The Hall–Kier alpha value is -1.13. The zero-order valence-electron chi connectivity index (χ0n) is 8.58. The molecular formula is C11H10ClFN2S. The molecule has 2 rings (SSSR count). The van der Waals surface area contributed by atoms with Gasteiger partial charge in [0.25, 0.3) is 0 Å². The SMILES string of the molecule is CC(Nc1c(F)cccc1Cl)c1cncs1. The van der Waals surface area contributed by atoms with Crippen molar-refractivity contribution in [1.82, 2.24) is 4.98 Å². The molecule has 5 heteroatoms.